The fraction of sp³-hybridized carbons (Fsp3) is 0.333. The minimum atomic E-state index is 0.920. The molecular weight excluding hydrogens is 330 g/mol. The molecule has 4 heterocycles. The maximum atomic E-state index is 4.50. The monoisotopic (exact) mass is 345 g/mol. The molecule has 0 unspecified atom stereocenters. The summed E-state index contributed by atoms with van der Waals surface area (Å²) < 4.78 is 1.05. The summed E-state index contributed by atoms with van der Waals surface area (Å²) in [6.07, 6.45) is 9.49. The molecule has 21 heavy (non-hydrogen) atoms. The highest BCUT2D eigenvalue weighted by molar-refractivity contribution is 9.10. The molecule has 1 aliphatic heterocycles. The van der Waals surface area contributed by atoms with Crippen LogP contribution in [0.3, 0.4) is 0 Å². The second-order valence-electron chi connectivity index (χ2n) is 5.40. The third-order valence-corrected chi connectivity index (χ3v) is 4.67. The van der Waals surface area contributed by atoms with Crippen LogP contribution in [0.1, 0.15) is 19.3 Å². The predicted molar refractivity (Wildman–Crippen MR) is 87.4 cm³/mol. The zero-order valence-electron chi connectivity index (χ0n) is 11.6. The van der Waals surface area contributed by atoms with Gasteiger partial charge in [-0.3, -0.25) is 5.10 Å². The molecule has 2 N–H and O–H groups in total. The third kappa shape index (κ3) is 2.14. The molecule has 0 atom stereocenters. The fourth-order valence-electron chi connectivity index (χ4n) is 3.10. The Morgan fingerprint density at radius 1 is 1.19 bits per heavy atom. The second kappa shape index (κ2) is 5.18. The lowest BCUT2D eigenvalue weighted by Gasteiger charge is -2.30. The van der Waals surface area contributed by atoms with Crippen LogP contribution in [0.15, 0.2) is 29.1 Å². The van der Waals surface area contributed by atoms with E-state index in [1.165, 1.54) is 24.9 Å². The fourth-order valence-corrected chi connectivity index (χ4v) is 3.65. The van der Waals surface area contributed by atoms with Crippen LogP contribution < -0.4 is 4.90 Å². The highest BCUT2D eigenvalue weighted by atomic mass is 79.9. The number of anilines is 1. The normalized spacial score (nSPS) is 15.8. The summed E-state index contributed by atoms with van der Waals surface area (Å²) in [5.74, 6) is 0. The van der Waals surface area contributed by atoms with Crippen molar-refractivity contribution in [3.63, 3.8) is 0 Å². The van der Waals surface area contributed by atoms with Gasteiger partial charge in [0.1, 0.15) is 5.65 Å². The quantitative estimate of drug-likeness (QED) is 0.744. The molecule has 0 amide bonds. The van der Waals surface area contributed by atoms with Gasteiger partial charge in [-0.1, -0.05) is 0 Å². The van der Waals surface area contributed by atoms with Gasteiger partial charge in [-0.25, -0.2) is 4.98 Å². The summed E-state index contributed by atoms with van der Waals surface area (Å²) in [5, 5.41) is 8.28. The zero-order valence-corrected chi connectivity index (χ0v) is 13.2. The lowest BCUT2D eigenvalue weighted by atomic mass is 10.1. The first-order valence-electron chi connectivity index (χ1n) is 7.25. The number of hydrogen-bond acceptors (Lipinski definition) is 3. The van der Waals surface area contributed by atoms with Gasteiger partial charge in [0.2, 0.25) is 0 Å². The van der Waals surface area contributed by atoms with Crippen LogP contribution in [0.2, 0.25) is 0 Å². The molecule has 6 heteroatoms. The zero-order chi connectivity index (χ0) is 14.2. The summed E-state index contributed by atoms with van der Waals surface area (Å²) in [7, 11) is 0. The Morgan fingerprint density at radius 2 is 2.05 bits per heavy atom. The number of nitrogens with one attached hydrogen (secondary N) is 2. The first-order valence-corrected chi connectivity index (χ1v) is 8.04. The van der Waals surface area contributed by atoms with Gasteiger partial charge in [0.25, 0.3) is 0 Å². The van der Waals surface area contributed by atoms with Crippen LogP contribution in [-0.4, -0.2) is 33.3 Å². The molecule has 108 valence electrons. The van der Waals surface area contributed by atoms with Crippen LogP contribution in [-0.2, 0) is 0 Å². The molecule has 5 nitrogen and oxygen atoms in total. The molecule has 0 bridgehead atoms. The molecule has 0 radical (unpaired) electrons. The molecule has 1 aliphatic rings. The average Bonchev–Trinajstić information content (AvgIpc) is 3.16. The van der Waals surface area contributed by atoms with Gasteiger partial charge in [0, 0.05) is 37.2 Å². The van der Waals surface area contributed by atoms with E-state index in [4.69, 9.17) is 0 Å². The molecule has 0 spiro atoms. The Bertz CT molecular complexity index is 756. The largest absolute Gasteiger partial charge is 0.370 e. The molecule has 3 aromatic heterocycles. The number of H-pyrrole nitrogens is 2. The minimum absolute atomic E-state index is 0.920. The van der Waals surface area contributed by atoms with Crippen molar-refractivity contribution in [2.75, 3.05) is 18.0 Å². The van der Waals surface area contributed by atoms with Crippen LogP contribution in [0.4, 0.5) is 5.69 Å². The number of hydrogen-bond donors (Lipinski definition) is 2. The Labute approximate surface area is 130 Å². The van der Waals surface area contributed by atoms with E-state index in [0.29, 0.717) is 0 Å². The van der Waals surface area contributed by atoms with Gasteiger partial charge in [-0.05, 0) is 41.3 Å². The van der Waals surface area contributed by atoms with Gasteiger partial charge in [-0.15, -0.1) is 0 Å². The molecular formula is C15H16BrN5. The SMILES string of the molecule is Brc1cnc2[nH]cc(-c3ccn[nH]3)c2c1N1CCCCC1. The van der Waals surface area contributed by atoms with E-state index < -0.39 is 0 Å². The van der Waals surface area contributed by atoms with Crippen LogP contribution in [0, 0.1) is 0 Å². The summed E-state index contributed by atoms with van der Waals surface area (Å²) in [6, 6.07) is 1.99. The summed E-state index contributed by atoms with van der Waals surface area (Å²) in [5.41, 5.74) is 4.30. The van der Waals surface area contributed by atoms with Crippen molar-refractivity contribution < 1.29 is 0 Å². The van der Waals surface area contributed by atoms with Crippen LogP contribution in [0.25, 0.3) is 22.3 Å². The van der Waals surface area contributed by atoms with Crippen molar-refractivity contribution in [3.8, 4) is 11.3 Å². The molecule has 0 saturated carbocycles. The molecule has 0 aromatic carbocycles. The lowest BCUT2D eigenvalue weighted by Crippen LogP contribution is -2.29. The average molecular weight is 346 g/mol. The number of piperidine rings is 1. The van der Waals surface area contributed by atoms with Crippen molar-refractivity contribution in [2.24, 2.45) is 0 Å². The summed E-state index contributed by atoms with van der Waals surface area (Å²) in [4.78, 5) is 10.2. The van der Waals surface area contributed by atoms with Crippen LogP contribution >= 0.6 is 15.9 Å². The van der Waals surface area contributed by atoms with Gasteiger partial charge < -0.3 is 9.88 Å². The summed E-state index contributed by atoms with van der Waals surface area (Å²) in [6.45, 7) is 2.20. The van der Waals surface area contributed by atoms with Crippen LogP contribution in [0.5, 0.6) is 0 Å². The van der Waals surface area contributed by atoms with E-state index in [1.807, 2.05) is 18.5 Å². The number of pyridine rings is 1. The first kappa shape index (κ1) is 12.9. The smallest absolute Gasteiger partial charge is 0.140 e. The lowest BCUT2D eigenvalue weighted by molar-refractivity contribution is 0.578. The topological polar surface area (TPSA) is 60.6 Å². The number of aromatic nitrogens is 4. The molecule has 1 saturated heterocycles. The number of rotatable bonds is 2. The molecule has 1 fully saturated rings. The minimum Gasteiger partial charge on any atom is -0.370 e. The van der Waals surface area contributed by atoms with E-state index in [-0.39, 0.29) is 0 Å². The third-order valence-electron chi connectivity index (χ3n) is 4.09. The Kier molecular flexibility index (Phi) is 3.18. The van der Waals surface area contributed by atoms with E-state index >= 15 is 0 Å². The van der Waals surface area contributed by atoms with Gasteiger partial charge in [-0.2, -0.15) is 5.10 Å². The van der Waals surface area contributed by atoms with E-state index in [2.05, 4.69) is 41.0 Å². The van der Waals surface area contributed by atoms with Crippen molar-refractivity contribution in [1.82, 2.24) is 20.2 Å². The standard InChI is InChI=1S/C15H16BrN5/c16-11-9-18-15-13(14(11)21-6-2-1-3-7-21)10(8-17-15)12-4-5-19-20-12/h4-5,8-9H,1-3,6-7H2,(H,17,18)(H,19,20). The van der Waals surface area contributed by atoms with E-state index in [1.54, 1.807) is 6.20 Å². The van der Waals surface area contributed by atoms with Gasteiger partial charge >= 0.3 is 0 Å². The second-order valence-corrected chi connectivity index (χ2v) is 6.25. The molecule has 3 aromatic rings. The molecule has 4 rings (SSSR count). The van der Waals surface area contributed by atoms with E-state index in [9.17, 15) is 0 Å². The van der Waals surface area contributed by atoms with E-state index in [0.717, 1.165) is 39.9 Å². The Morgan fingerprint density at radius 3 is 2.81 bits per heavy atom. The van der Waals surface area contributed by atoms with Crippen molar-refractivity contribution in [1.29, 1.82) is 0 Å². The molecule has 0 aliphatic carbocycles. The number of fused-ring (bicyclic) bond motifs is 1. The predicted octanol–water partition coefficient (Wildman–Crippen LogP) is 3.71. The highest BCUT2D eigenvalue weighted by Crippen LogP contribution is 2.39. The Hall–Kier alpha value is -1.82. The Balaban J connectivity index is 1.95. The summed E-state index contributed by atoms with van der Waals surface area (Å²) >= 11 is 3.69. The van der Waals surface area contributed by atoms with Gasteiger partial charge in [0.05, 0.1) is 21.2 Å². The van der Waals surface area contributed by atoms with Crippen molar-refractivity contribution >= 4 is 32.7 Å². The maximum absolute atomic E-state index is 4.50. The number of halogens is 1. The number of nitrogens with zero attached hydrogens (tertiary/aromatic N) is 3. The maximum Gasteiger partial charge on any atom is 0.140 e. The van der Waals surface area contributed by atoms with Crippen molar-refractivity contribution in [3.05, 3.63) is 29.1 Å². The highest BCUT2D eigenvalue weighted by Gasteiger charge is 2.21. The van der Waals surface area contributed by atoms with Gasteiger partial charge in [0.15, 0.2) is 0 Å². The van der Waals surface area contributed by atoms with Crippen molar-refractivity contribution in [2.45, 2.75) is 19.3 Å². The number of aromatic amines is 2. The first-order chi connectivity index (χ1) is 10.3.